The Kier molecular flexibility index (Phi) is 3.79. The highest BCUT2D eigenvalue weighted by molar-refractivity contribution is 6.30. The average molecular weight is 244 g/mol. The fourth-order valence-corrected chi connectivity index (χ4v) is 2.39. The van der Waals surface area contributed by atoms with Gasteiger partial charge in [0.15, 0.2) is 0 Å². The van der Waals surface area contributed by atoms with E-state index < -0.39 is 5.82 Å². The number of aliphatic hydroxyl groups is 1. The van der Waals surface area contributed by atoms with Gasteiger partial charge in [0.1, 0.15) is 5.82 Å². The van der Waals surface area contributed by atoms with Gasteiger partial charge in [-0.2, -0.15) is 0 Å². The van der Waals surface area contributed by atoms with E-state index in [4.69, 9.17) is 11.6 Å². The lowest BCUT2D eigenvalue weighted by molar-refractivity contribution is 0.147. The quantitative estimate of drug-likeness (QED) is 0.882. The van der Waals surface area contributed by atoms with Crippen molar-refractivity contribution in [2.45, 2.75) is 18.9 Å². The van der Waals surface area contributed by atoms with Gasteiger partial charge in [-0.3, -0.25) is 4.90 Å². The van der Waals surface area contributed by atoms with Crippen LogP contribution in [0.1, 0.15) is 24.4 Å². The third kappa shape index (κ3) is 2.37. The fraction of sp³-hybridized carbons (Fsp3) is 0.500. The van der Waals surface area contributed by atoms with E-state index in [9.17, 15) is 9.50 Å². The highest BCUT2D eigenvalue weighted by atomic mass is 35.5. The molecule has 0 spiro atoms. The molecule has 1 aliphatic heterocycles. The monoisotopic (exact) mass is 243 g/mol. The van der Waals surface area contributed by atoms with Gasteiger partial charge in [-0.25, -0.2) is 4.39 Å². The fourth-order valence-electron chi connectivity index (χ4n) is 2.20. The zero-order valence-corrected chi connectivity index (χ0v) is 9.75. The van der Waals surface area contributed by atoms with Crippen molar-refractivity contribution in [2.75, 3.05) is 19.7 Å². The third-order valence-corrected chi connectivity index (χ3v) is 3.37. The summed E-state index contributed by atoms with van der Waals surface area (Å²) in [5.74, 6) is -0.413. The van der Waals surface area contributed by atoms with Gasteiger partial charge >= 0.3 is 0 Å². The van der Waals surface area contributed by atoms with E-state index in [-0.39, 0.29) is 17.7 Å². The zero-order valence-electron chi connectivity index (χ0n) is 9.00. The van der Waals surface area contributed by atoms with E-state index in [2.05, 4.69) is 4.90 Å². The molecular formula is C12H15ClFNO. The standard InChI is InChI=1S/C12H15ClFNO/c13-10-7-9(3-4-11(10)14)12(8-16)15-5-1-2-6-15/h3-4,7,12,16H,1-2,5-6,8H2. The number of likely N-dealkylation sites (tertiary alicyclic amines) is 1. The SMILES string of the molecule is OCC(c1ccc(F)c(Cl)c1)N1CCCC1. The molecule has 1 unspecified atom stereocenters. The highest BCUT2D eigenvalue weighted by Gasteiger charge is 2.23. The Hall–Kier alpha value is -0.640. The first kappa shape index (κ1) is 11.8. The van der Waals surface area contributed by atoms with E-state index in [0.29, 0.717) is 0 Å². The largest absolute Gasteiger partial charge is 0.394 e. The Labute approximate surface area is 99.6 Å². The topological polar surface area (TPSA) is 23.5 Å². The zero-order chi connectivity index (χ0) is 11.5. The summed E-state index contributed by atoms with van der Waals surface area (Å²) in [6.07, 6.45) is 2.32. The summed E-state index contributed by atoms with van der Waals surface area (Å²) >= 11 is 5.75. The maximum absolute atomic E-state index is 13.0. The van der Waals surface area contributed by atoms with Crippen molar-refractivity contribution < 1.29 is 9.50 Å². The number of aliphatic hydroxyl groups excluding tert-OH is 1. The molecule has 16 heavy (non-hydrogen) atoms. The maximum Gasteiger partial charge on any atom is 0.141 e. The molecule has 1 atom stereocenters. The van der Waals surface area contributed by atoms with Crippen molar-refractivity contribution in [1.29, 1.82) is 0 Å². The Morgan fingerprint density at radius 2 is 2.06 bits per heavy atom. The maximum atomic E-state index is 13.0. The summed E-state index contributed by atoms with van der Waals surface area (Å²) in [6, 6.07) is 4.60. The first-order chi connectivity index (χ1) is 7.72. The number of benzene rings is 1. The first-order valence-corrected chi connectivity index (χ1v) is 5.90. The molecule has 2 rings (SSSR count). The molecule has 1 saturated heterocycles. The second-order valence-electron chi connectivity index (χ2n) is 4.11. The minimum atomic E-state index is -0.413. The number of nitrogens with zero attached hydrogens (tertiary/aromatic N) is 1. The molecule has 1 aromatic rings. The summed E-state index contributed by atoms with van der Waals surface area (Å²) in [6.45, 7) is 2.02. The molecule has 0 aliphatic carbocycles. The summed E-state index contributed by atoms with van der Waals surface area (Å²) in [4.78, 5) is 2.21. The summed E-state index contributed by atoms with van der Waals surface area (Å²) < 4.78 is 13.0. The van der Waals surface area contributed by atoms with Gasteiger partial charge in [-0.1, -0.05) is 17.7 Å². The Morgan fingerprint density at radius 3 is 2.62 bits per heavy atom. The van der Waals surface area contributed by atoms with Crippen LogP contribution in [0.15, 0.2) is 18.2 Å². The van der Waals surface area contributed by atoms with Gasteiger partial charge in [0.25, 0.3) is 0 Å². The summed E-state index contributed by atoms with van der Waals surface area (Å²) in [5, 5.41) is 9.54. The van der Waals surface area contributed by atoms with Gasteiger partial charge in [0.2, 0.25) is 0 Å². The summed E-state index contributed by atoms with van der Waals surface area (Å²) in [7, 11) is 0. The molecule has 0 aromatic heterocycles. The lowest BCUT2D eigenvalue weighted by atomic mass is 10.1. The van der Waals surface area contributed by atoms with E-state index in [1.54, 1.807) is 12.1 Å². The Morgan fingerprint density at radius 1 is 1.38 bits per heavy atom. The first-order valence-electron chi connectivity index (χ1n) is 5.52. The minimum Gasteiger partial charge on any atom is -0.394 e. The molecular weight excluding hydrogens is 229 g/mol. The van der Waals surface area contributed by atoms with Crippen LogP contribution in [0.5, 0.6) is 0 Å². The van der Waals surface area contributed by atoms with Gasteiger partial charge in [-0.05, 0) is 43.6 Å². The molecule has 0 saturated carbocycles. The number of hydrogen-bond acceptors (Lipinski definition) is 2. The van der Waals surface area contributed by atoms with E-state index in [1.807, 2.05) is 0 Å². The smallest absolute Gasteiger partial charge is 0.141 e. The van der Waals surface area contributed by atoms with Crippen molar-refractivity contribution in [3.63, 3.8) is 0 Å². The van der Waals surface area contributed by atoms with Gasteiger partial charge < -0.3 is 5.11 Å². The van der Waals surface area contributed by atoms with Crippen molar-refractivity contribution >= 4 is 11.6 Å². The normalized spacial score (nSPS) is 18.9. The number of halogens is 2. The van der Waals surface area contributed by atoms with Crippen LogP contribution in [-0.2, 0) is 0 Å². The van der Waals surface area contributed by atoms with Crippen LogP contribution >= 0.6 is 11.6 Å². The molecule has 0 radical (unpaired) electrons. The average Bonchev–Trinajstić information content (AvgIpc) is 2.78. The molecule has 1 fully saturated rings. The van der Waals surface area contributed by atoms with E-state index >= 15 is 0 Å². The van der Waals surface area contributed by atoms with E-state index in [1.165, 1.54) is 6.07 Å². The molecule has 0 bridgehead atoms. The molecule has 1 aliphatic rings. The molecule has 1 heterocycles. The second-order valence-corrected chi connectivity index (χ2v) is 4.52. The summed E-state index contributed by atoms with van der Waals surface area (Å²) in [5.41, 5.74) is 0.885. The minimum absolute atomic E-state index is 0.0436. The van der Waals surface area contributed by atoms with Crippen LogP contribution in [0.25, 0.3) is 0 Å². The van der Waals surface area contributed by atoms with Crippen LogP contribution < -0.4 is 0 Å². The Bertz CT molecular complexity index is 366. The van der Waals surface area contributed by atoms with Crippen molar-refractivity contribution in [3.05, 3.63) is 34.6 Å². The predicted molar refractivity (Wildman–Crippen MR) is 62.0 cm³/mol. The number of hydrogen-bond donors (Lipinski definition) is 1. The molecule has 2 nitrogen and oxygen atoms in total. The van der Waals surface area contributed by atoms with Crippen molar-refractivity contribution in [2.24, 2.45) is 0 Å². The lowest BCUT2D eigenvalue weighted by Gasteiger charge is -2.26. The van der Waals surface area contributed by atoms with Gasteiger partial charge in [0, 0.05) is 0 Å². The molecule has 1 aromatic carbocycles. The van der Waals surface area contributed by atoms with Crippen LogP contribution in [0.3, 0.4) is 0 Å². The van der Waals surface area contributed by atoms with Crippen LogP contribution in [0.4, 0.5) is 4.39 Å². The molecule has 4 heteroatoms. The molecule has 0 amide bonds. The number of rotatable bonds is 3. The van der Waals surface area contributed by atoms with Gasteiger partial charge in [-0.15, -0.1) is 0 Å². The Balaban J connectivity index is 2.22. The van der Waals surface area contributed by atoms with E-state index in [0.717, 1.165) is 31.5 Å². The predicted octanol–water partition coefficient (Wildman–Crippen LogP) is 2.61. The second kappa shape index (κ2) is 5.13. The van der Waals surface area contributed by atoms with Crippen LogP contribution in [-0.4, -0.2) is 29.7 Å². The van der Waals surface area contributed by atoms with Crippen LogP contribution in [0.2, 0.25) is 5.02 Å². The third-order valence-electron chi connectivity index (χ3n) is 3.08. The lowest BCUT2D eigenvalue weighted by Crippen LogP contribution is -2.28. The molecule has 1 N–H and O–H groups in total. The molecule has 88 valence electrons. The van der Waals surface area contributed by atoms with Crippen LogP contribution in [0, 0.1) is 5.82 Å². The van der Waals surface area contributed by atoms with Crippen molar-refractivity contribution in [1.82, 2.24) is 4.90 Å². The van der Waals surface area contributed by atoms with Gasteiger partial charge in [0.05, 0.1) is 17.7 Å². The highest BCUT2D eigenvalue weighted by Crippen LogP contribution is 2.27. The van der Waals surface area contributed by atoms with Crippen molar-refractivity contribution in [3.8, 4) is 0 Å².